The van der Waals surface area contributed by atoms with E-state index in [4.69, 9.17) is 14.7 Å². The van der Waals surface area contributed by atoms with E-state index in [2.05, 4.69) is 131 Å². The van der Waals surface area contributed by atoms with Crippen molar-refractivity contribution in [2.45, 2.75) is 85.0 Å². The quantitative estimate of drug-likeness (QED) is 0.165. The van der Waals surface area contributed by atoms with E-state index >= 15 is 0 Å². The van der Waals surface area contributed by atoms with E-state index in [0.29, 0.717) is 11.5 Å². The minimum Gasteiger partial charge on any atom is -0.509 e. The molecule has 0 N–H and O–H groups in total. The first-order valence-corrected chi connectivity index (χ1v) is 17.3. The average Bonchev–Trinajstić information content (AvgIpc) is 3.07. The zero-order chi connectivity index (χ0) is 33.6. The number of anilines is 4. The topological polar surface area (TPSA) is 41.5 Å². The van der Waals surface area contributed by atoms with Gasteiger partial charge >= 0.3 is 21.1 Å². The molecular formula is C43H46N4OPt. The largest absolute Gasteiger partial charge is 2.00 e. The van der Waals surface area contributed by atoms with Crippen LogP contribution in [0.25, 0.3) is 11.1 Å². The summed E-state index contributed by atoms with van der Waals surface area (Å²) < 4.78 is 6.69. The number of benzene rings is 3. The Morgan fingerprint density at radius 1 is 0.714 bits per heavy atom. The molecular weight excluding hydrogens is 784 g/mol. The van der Waals surface area contributed by atoms with Crippen LogP contribution in [0, 0.1) is 19.1 Å². The molecule has 0 unspecified atom stereocenters. The van der Waals surface area contributed by atoms with E-state index in [0.717, 1.165) is 67.3 Å². The maximum Gasteiger partial charge on any atom is 2.00 e. The van der Waals surface area contributed by atoms with Crippen LogP contribution in [0.15, 0.2) is 79.1 Å². The monoisotopic (exact) mass is 829 g/mol. The Bertz CT molecular complexity index is 1960. The van der Waals surface area contributed by atoms with Gasteiger partial charge < -0.3 is 14.5 Å². The van der Waals surface area contributed by atoms with Gasteiger partial charge in [0.25, 0.3) is 0 Å². The molecule has 2 aliphatic rings. The SMILES string of the molecule is Cc1cc(N2CCCc3ccc(Oc4[c-]c5c(c(C(C)(C)C)c4)CCCN5c4cc(C(C)(C)C)ccn4)[c-]c32)ncc1-c1ccccc1.[Pt+2]. The minimum atomic E-state index is -0.0627. The molecule has 5 nitrogen and oxygen atoms in total. The second-order valence-corrected chi connectivity index (χ2v) is 15.3. The van der Waals surface area contributed by atoms with Crippen LogP contribution < -0.4 is 14.5 Å². The standard InChI is InChI=1S/C43H46N4O.Pt/c1-29-23-40(45-28-36(29)30-13-9-8-10-14-30)46-21-11-15-31-17-18-33(26-38(31)46)48-34-25-37(43(5,6)7)35-16-12-22-47(39(35)27-34)41-24-32(19-20-44-41)42(2,3)4;/h8-10,13-14,17-20,23-25,28H,11-12,15-16,21-22H2,1-7H3;/q-2;+2. The molecule has 0 aliphatic carbocycles. The van der Waals surface area contributed by atoms with Gasteiger partial charge in [0.05, 0.1) is 0 Å². The van der Waals surface area contributed by atoms with E-state index in [1.807, 2.05) is 18.5 Å². The van der Waals surface area contributed by atoms with Crippen LogP contribution in [0.1, 0.15) is 82.2 Å². The molecule has 0 saturated heterocycles. The smallest absolute Gasteiger partial charge is 0.509 e. The molecule has 5 aromatic rings. The minimum absolute atomic E-state index is 0. The summed E-state index contributed by atoms with van der Waals surface area (Å²) in [6, 6.07) is 30.8. The molecule has 4 heterocycles. The van der Waals surface area contributed by atoms with Crippen molar-refractivity contribution in [3.8, 4) is 22.6 Å². The molecule has 2 aliphatic heterocycles. The number of rotatable bonds is 5. The maximum absolute atomic E-state index is 6.69. The third-order valence-corrected chi connectivity index (χ3v) is 9.66. The van der Waals surface area contributed by atoms with Crippen LogP contribution in [0.5, 0.6) is 11.5 Å². The summed E-state index contributed by atoms with van der Waals surface area (Å²) in [6.45, 7) is 17.5. The molecule has 49 heavy (non-hydrogen) atoms. The van der Waals surface area contributed by atoms with Crippen LogP contribution in [-0.2, 0) is 44.7 Å². The Morgan fingerprint density at radius 2 is 1.41 bits per heavy atom. The summed E-state index contributed by atoms with van der Waals surface area (Å²) in [5.74, 6) is 3.30. The summed E-state index contributed by atoms with van der Waals surface area (Å²) in [5, 5.41) is 0. The second-order valence-electron chi connectivity index (χ2n) is 15.3. The molecule has 7 rings (SSSR count). The van der Waals surface area contributed by atoms with Gasteiger partial charge in [0.15, 0.2) is 0 Å². The van der Waals surface area contributed by atoms with Gasteiger partial charge in [0, 0.05) is 42.5 Å². The normalized spacial score (nSPS) is 14.5. The van der Waals surface area contributed by atoms with Gasteiger partial charge in [0.2, 0.25) is 0 Å². The molecule has 0 atom stereocenters. The van der Waals surface area contributed by atoms with Gasteiger partial charge in [-0.15, -0.1) is 41.0 Å². The number of hydrogen-bond acceptors (Lipinski definition) is 5. The van der Waals surface area contributed by atoms with Crippen molar-refractivity contribution >= 4 is 23.0 Å². The number of nitrogens with zero attached hydrogens (tertiary/aromatic N) is 4. The number of fused-ring (bicyclic) bond motifs is 2. The van der Waals surface area contributed by atoms with Gasteiger partial charge in [-0.3, -0.25) is 0 Å². The van der Waals surface area contributed by atoms with E-state index in [9.17, 15) is 0 Å². The van der Waals surface area contributed by atoms with Gasteiger partial charge in [-0.05, 0) is 65.5 Å². The average molecular weight is 830 g/mol. The second kappa shape index (κ2) is 13.8. The van der Waals surface area contributed by atoms with E-state index < -0.39 is 0 Å². The maximum atomic E-state index is 6.69. The molecule has 3 aromatic carbocycles. The molecule has 0 spiro atoms. The summed E-state index contributed by atoms with van der Waals surface area (Å²) in [5.41, 5.74) is 10.8. The Labute approximate surface area is 307 Å². The van der Waals surface area contributed by atoms with E-state index in [-0.39, 0.29) is 31.9 Å². The van der Waals surface area contributed by atoms with Gasteiger partial charge in [-0.2, -0.15) is 6.07 Å². The number of aryl methyl sites for hydroxylation is 2. The zero-order valence-electron chi connectivity index (χ0n) is 29.8. The van der Waals surface area contributed by atoms with Crippen molar-refractivity contribution in [3.05, 3.63) is 119 Å². The fourth-order valence-corrected chi connectivity index (χ4v) is 7.06. The van der Waals surface area contributed by atoms with Gasteiger partial charge in [-0.25, -0.2) is 9.97 Å². The molecule has 254 valence electrons. The molecule has 0 bridgehead atoms. The molecule has 0 saturated carbocycles. The first-order valence-electron chi connectivity index (χ1n) is 17.3. The Balaban J connectivity index is 0.00000417. The Kier molecular flexibility index (Phi) is 9.79. The van der Waals surface area contributed by atoms with Crippen LogP contribution in [0.4, 0.5) is 23.0 Å². The molecule has 2 aromatic heterocycles. The van der Waals surface area contributed by atoms with Crippen molar-refractivity contribution in [2.24, 2.45) is 0 Å². The first kappa shape index (κ1) is 34.9. The van der Waals surface area contributed by atoms with Crippen molar-refractivity contribution in [3.63, 3.8) is 0 Å². The number of ether oxygens (including phenoxy) is 1. The van der Waals surface area contributed by atoms with Gasteiger partial charge in [-0.1, -0.05) is 96.1 Å². The predicted molar refractivity (Wildman–Crippen MR) is 197 cm³/mol. The number of aromatic nitrogens is 2. The van der Waals surface area contributed by atoms with Crippen LogP contribution >= 0.6 is 0 Å². The summed E-state index contributed by atoms with van der Waals surface area (Å²) in [6.07, 6.45) is 8.11. The summed E-state index contributed by atoms with van der Waals surface area (Å²) >= 11 is 0. The fraction of sp³-hybridized carbons (Fsp3) is 0.349. The van der Waals surface area contributed by atoms with Crippen LogP contribution in [0.2, 0.25) is 0 Å². The number of hydrogen-bond donors (Lipinski definition) is 0. The Morgan fingerprint density at radius 3 is 2.12 bits per heavy atom. The summed E-state index contributed by atoms with van der Waals surface area (Å²) in [7, 11) is 0. The van der Waals surface area contributed by atoms with Crippen molar-refractivity contribution in [1.29, 1.82) is 0 Å². The molecule has 0 fully saturated rings. The molecule has 6 heteroatoms. The third-order valence-electron chi connectivity index (χ3n) is 9.66. The fourth-order valence-electron chi connectivity index (χ4n) is 7.06. The van der Waals surface area contributed by atoms with Crippen molar-refractivity contribution in [1.82, 2.24) is 9.97 Å². The van der Waals surface area contributed by atoms with E-state index in [1.165, 1.54) is 33.4 Å². The first-order chi connectivity index (χ1) is 23.0. The molecule has 0 radical (unpaired) electrons. The third kappa shape index (κ3) is 7.19. The van der Waals surface area contributed by atoms with Gasteiger partial charge in [0.1, 0.15) is 11.6 Å². The van der Waals surface area contributed by atoms with Crippen LogP contribution in [0.3, 0.4) is 0 Å². The van der Waals surface area contributed by atoms with E-state index in [1.54, 1.807) is 0 Å². The number of pyridine rings is 2. The van der Waals surface area contributed by atoms with Crippen molar-refractivity contribution in [2.75, 3.05) is 22.9 Å². The zero-order valence-corrected chi connectivity index (χ0v) is 32.0. The van der Waals surface area contributed by atoms with Crippen LogP contribution in [-0.4, -0.2) is 23.1 Å². The van der Waals surface area contributed by atoms with Crippen molar-refractivity contribution < 1.29 is 25.8 Å². The Hall–Kier alpha value is -3.95. The molecule has 0 amide bonds. The summed E-state index contributed by atoms with van der Waals surface area (Å²) in [4.78, 5) is 14.4. The predicted octanol–water partition coefficient (Wildman–Crippen LogP) is 10.6.